The van der Waals surface area contributed by atoms with Crippen molar-refractivity contribution >= 4 is 5.78 Å². The molecule has 0 saturated carbocycles. The largest absolute Gasteiger partial charge is 0.507 e. The number of ketones is 1. The Hall–Kier alpha value is -2.13. The lowest BCUT2D eigenvalue weighted by molar-refractivity contribution is 0.103. The second-order valence-corrected chi connectivity index (χ2v) is 8.03. The summed E-state index contributed by atoms with van der Waals surface area (Å²) in [6.45, 7) is 8.99. The molecule has 0 aliphatic heterocycles. The number of phenols is 1. The summed E-state index contributed by atoms with van der Waals surface area (Å²) in [6.07, 6.45) is 0.705. The lowest BCUT2D eigenvalue weighted by Crippen LogP contribution is -2.18. The van der Waals surface area contributed by atoms with Gasteiger partial charge in [0, 0.05) is 23.2 Å². The highest BCUT2D eigenvalue weighted by molar-refractivity contribution is 6.09. The summed E-state index contributed by atoms with van der Waals surface area (Å²) in [7, 11) is 4.01. The molecular weight excluding hydrogens is 310 g/mol. The van der Waals surface area contributed by atoms with E-state index in [1.807, 2.05) is 57.4 Å². The molecule has 0 saturated heterocycles. The summed E-state index contributed by atoms with van der Waals surface area (Å²) in [5, 5.41) is 10.7. The molecule has 0 radical (unpaired) electrons. The lowest BCUT2D eigenvalue weighted by atomic mass is 9.82. The highest BCUT2D eigenvalue weighted by Gasteiger charge is 2.23. The normalized spacial score (nSPS) is 11.8. The van der Waals surface area contributed by atoms with Gasteiger partial charge >= 0.3 is 0 Å². The topological polar surface area (TPSA) is 40.5 Å². The van der Waals surface area contributed by atoms with Gasteiger partial charge in [-0.25, -0.2) is 0 Å². The molecule has 0 unspecified atom stereocenters. The molecule has 0 atom stereocenters. The Balaban J connectivity index is 2.51. The van der Waals surface area contributed by atoms with Crippen molar-refractivity contribution in [3.63, 3.8) is 0 Å². The van der Waals surface area contributed by atoms with Crippen LogP contribution in [0.2, 0.25) is 0 Å². The van der Waals surface area contributed by atoms with E-state index in [0.29, 0.717) is 23.3 Å². The minimum Gasteiger partial charge on any atom is -0.507 e. The predicted octanol–water partition coefficient (Wildman–Crippen LogP) is 4.33. The van der Waals surface area contributed by atoms with E-state index in [1.54, 1.807) is 0 Å². The van der Waals surface area contributed by atoms with Crippen LogP contribution in [0.5, 0.6) is 5.75 Å². The molecule has 2 aromatic carbocycles. The van der Waals surface area contributed by atoms with E-state index in [4.69, 9.17) is 0 Å². The van der Waals surface area contributed by atoms with Gasteiger partial charge in [0.25, 0.3) is 0 Å². The zero-order chi connectivity index (χ0) is 18.8. The predicted molar refractivity (Wildman–Crippen MR) is 104 cm³/mol. The Kier molecular flexibility index (Phi) is 5.69. The van der Waals surface area contributed by atoms with Crippen molar-refractivity contribution in [2.75, 3.05) is 20.6 Å². The van der Waals surface area contributed by atoms with E-state index in [2.05, 4.69) is 25.7 Å². The third-order valence-electron chi connectivity index (χ3n) is 4.40. The fraction of sp³-hybridized carbons (Fsp3) is 0.409. The number of carbonyl (C=O) groups is 1. The summed E-state index contributed by atoms with van der Waals surface area (Å²) < 4.78 is 0. The zero-order valence-electron chi connectivity index (χ0n) is 16.2. The summed E-state index contributed by atoms with van der Waals surface area (Å²) >= 11 is 0. The van der Waals surface area contributed by atoms with Crippen LogP contribution in [0.15, 0.2) is 36.4 Å². The van der Waals surface area contributed by atoms with E-state index in [0.717, 1.165) is 23.2 Å². The quantitative estimate of drug-likeness (QED) is 0.824. The maximum absolute atomic E-state index is 12.9. The van der Waals surface area contributed by atoms with Crippen molar-refractivity contribution in [1.29, 1.82) is 0 Å². The van der Waals surface area contributed by atoms with Crippen LogP contribution < -0.4 is 0 Å². The Morgan fingerprint density at radius 1 is 1.04 bits per heavy atom. The van der Waals surface area contributed by atoms with Crippen LogP contribution >= 0.6 is 0 Å². The Morgan fingerprint density at radius 3 is 2.16 bits per heavy atom. The number of carbonyl (C=O) groups excluding carboxylic acids is 1. The molecule has 134 valence electrons. The molecule has 0 spiro atoms. The first-order valence-electron chi connectivity index (χ1n) is 8.72. The Bertz CT molecular complexity index is 753. The minimum atomic E-state index is -0.236. The number of likely N-dealkylation sites (N-methyl/N-ethyl adjacent to an activating group) is 1. The van der Waals surface area contributed by atoms with Gasteiger partial charge in [0.05, 0.1) is 0 Å². The van der Waals surface area contributed by atoms with Gasteiger partial charge in [0.2, 0.25) is 0 Å². The summed E-state index contributed by atoms with van der Waals surface area (Å²) in [4.78, 5) is 15.0. The van der Waals surface area contributed by atoms with Gasteiger partial charge in [0.1, 0.15) is 5.75 Å². The third-order valence-corrected chi connectivity index (χ3v) is 4.40. The van der Waals surface area contributed by atoms with Crippen molar-refractivity contribution in [1.82, 2.24) is 4.90 Å². The smallest absolute Gasteiger partial charge is 0.193 e. The average Bonchev–Trinajstić information content (AvgIpc) is 2.52. The Labute approximate surface area is 151 Å². The van der Waals surface area contributed by atoms with Crippen LogP contribution in [0, 0.1) is 6.92 Å². The van der Waals surface area contributed by atoms with E-state index in [9.17, 15) is 9.90 Å². The Morgan fingerprint density at radius 2 is 1.64 bits per heavy atom. The summed E-state index contributed by atoms with van der Waals surface area (Å²) in [5.41, 5.74) is 3.86. The van der Waals surface area contributed by atoms with Crippen LogP contribution in [0.4, 0.5) is 0 Å². The van der Waals surface area contributed by atoms with Crippen LogP contribution in [0.1, 0.15) is 53.4 Å². The van der Waals surface area contributed by atoms with Crippen LogP contribution in [-0.4, -0.2) is 36.4 Å². The molecule has 3 heteroatoms. The number of aryl methyl sites for hydroxylation is 1. The fourth-order valence-corrected chi connectivity index (χ4v) is 2.80. The molecule has 0 bridgehead atoms. The van der Waals surface area contributed by atoms with Crippen LogP contribution in [0.25, 0.3) is 0 Å². The SMILES string of the molecule is Cc1ccc(C(=O)c2cc(CCN(C)C)c(O)c(C(C)(C)C)c2)cc1. The molecule has 1 N–H and O–H groups in total. The van der Waals surface area contributed by atoms with Gasteiger partial charge in [-0.3, -0.25) is 4.79 Å². The summed E-state index contributed by atoms with van der Waals surface area (Å²) in [6, 6.07) is 11.3. The number of hydrogen-bond acceptors (Lipinski definition) is 3. The molecule has 2 rings (SSSR count). The van der Waals surface area contributed by atoms with Gasteiger partial charge in [0.15, 0.2) is 5.78 Å². The van der Waals surface area contributed by atoms with Crippen LogP contribution in [0.3, 0.4) is 0 Å². The number of aromatic hydroxyl groups is 1. The van der Waals surface area contributed by atoms with Crippen molar-refractivity contribution in [2.45, 2.75) is 39.5 Å². The van der Waals surface area contributed by atoms with E-state index < -0.39 is 0 Å². The molecule has 0 fully saturated rings. The third kappa shape index (κ3) is 4.70. The molecule has 0 amide bonds. The zero-order valence-corrected chi connectivity index (χ0v) is 16.2. The molecule has 0 heterocycles. The van der Waals surface area contributed by atoms with Crippen molar-refractivity contribution in [3.05, 3.63) is 64.2 Å². The van der Waals surface area contributed by atoms with Crippen molar-refractivity contribution < 1.29 is 9.90 Å². The van der Waals surface area contributed by atoms with Crippen molar-refractivity contribution in [3.8, 4) is 5.75 Å². The molecule has 25 heavy (non-hydrogen) atoms. The maximum atomic E-state index is 12.9. The van der Waals surface area contributed by atoms with Gasteiger partial charge < -0.3 is 10.0 Å². The van der Waals surface area contributed by atoms with E-state index in [1.165, 1.54) is 0 Å². The molecule has 2 aromatic rings. The highest BCUT2D eigenvalue weighted by atomic mass is 16.3. The number of phenolic OH excluding ortho intramolecular Hbond substituents is 1. The second kappa shape index (κ2) is 7.40. The monoisotopic (exact) mass is 339 g/mol. The maximum Gasteiger partial charge on any atom is 0.193 e. The standard InChI is InChI=1S/C22H29NO2/c1-15-7-9-16(10-8-15)20(24)18-13-17(11-12-23(5)6)21(25)19(14-18)22(2,3)4/h7-10,13-14,25H,11-12H2,1-6H3. The molecule has 0 aromatic heterocycles. The minimum absolute atomic E-state index is 0.00315. The lowest BCUT2D eigenvalue weighted by Gasteiger charge is -2.23. The number of rotatable bonds is 5. The summed E-state index contributed by atoms with van der Waals surface area (Å²) in [5.74, 6) is 0.311. The van der Waals surface area contributed by atoms with Gasteiger partial charge in [-0.2, -0.15) is 0 Å². The molecule has 3 nitrogen and oxygen atoms in total. The molecule has 0 aliphatic rings. The highest BCUT2D eigenvalue weighted by Crippen LogP contribution is 2.35. The van der Waals surface area contributed by atoms with Crippen LogP contribution in [-0.2, 0) is 11.8 Å². The number of hydrogen-bond donors (Lipinski definition) is 1. The van der Waals surface area contributed by atoms with Crippen molar-refractivity contribution in [2.24, 2.45) is 0 Å². The van der Waals surface area contributed by atoms with E-state index >= 15 is 0 Å². The first-order valence-corrected chi connectivity index (χ1v) is 8.72. The second-order valence-electron chi connectivity index (χ2n) is 8.03. The van der Waals surface area contributed by atoms with Gasteiger partial charge in [-0.15, -0.1) is 0 Å². The number of nitrogens with zero attached hydrogens (tertiary/aromatic N) is 1. The van der Waals surface area contributed by atoms with E-state index in [-0.39, 0.29) is 11.2 Å². The van der Waals surface area contributed by atoms with Gasteiger partial charge in [-0.05, 0) is 50.6 Å². The molecular formula is C22H29NO2. The fourth-order valence-electron chi connectivity index (χ4n) is 2.80. The van der Waals surface area contributed by atoms with Gasteiger partial charge in [-0.1, -0.05) is 50.6 Å². The first-order chi connectivity index (χ1) is 11.6. The average molecular weight is 339 g/mol. The molecule has 0 aliphatic carbocycles. The first kappa shape index (κ1) is 19.2. The number of benzene rings is 2.